The summed E-state index contributed by atoms with van der Waals surface area (Å²) in [6.45, 7) is 34.7. The summed E-state index contributed by atoms with van der Waals surface area (Å²) in [6.07, 6.45) is 0. The lowest BCUT2D eigenvalue weighted by molar-refractivity contribution is 0.590. The standard InChI is InChI=1S/C60H66/c1-56(2,3)41-24-16-37(17-25-41)46-34-47(38-18-26-42(27-19-38)57(4,5)6)53-36-49(40-22-30-44(31-23-40)59(10,11)12)51-33-45(60(13,14)15)32-50-48(35-52(46)55(53)54(50)51)39-20-28-43(29-21-39)58(7,8)9/h16-36H,1-15H3. The maximum Gasteiger partial charge on any atom is -0.00134 e. The van der Waals surface area contributed by atoms with Gasteiger partial charge in [0, 0.05) is 0 Å². The summed E-state index contributed by atoms with van der Waals surface area (Å²) in [6, 6.07) is 50.2. The second kappa shape index (κ2) is 14.2. The molecule has 0 amide bonds. The third-order valence-electron chi connectivity index (χ3n) is 13.1. The third kappa shape index (κ3) is 7.57. The fraction of sp³-hybridized carbons (Fsp3) is 0.333. The largest absolute Gasteiger partial charge is 0.0579 e. The van der Waals surface area contributed by atoms with Gasteiger partial charge in [0.05, 0.1) is 0 Å². The molecule has 0 aliphatic carbocycles. The van der Waals surface area contributed by atoms with Crippen LogP contribution in [0.2, 0.25) is 0 Å². The first kappa shape index (κ1) is 41.5. The molecular weight excluding hydrogens is 721 g/mol. The van der Waals surface area contributed by atoms with Gasteiger partial charge in [0.25, 0.3) is 0 Å². The Morgan fingerprint density at radius 3 is 0.633 bits per heavy atom. The average Bonchev–Trinajstić information content (AvgIpc) is 3.17. The van der Waals surface area contributed by atoms with E-state index < -0.39 is 0 Å². The quantitative estimate of drug-likeness (QED) is 0.156. The molecule has 0 fully saturated rings. The first-order valence-corrected chi connectivity index (χ1v) is 22.2. The lowest BCUT2D eigenvalue weighted by Crippen LogP contribution is -2.11. The predicted octanol–water partition coefficient (Wildman–Crippen LogP) is 17.7. The highest BCUT2D eigenvalue weighted by atomic mass is 14.3. The van der Waals surface area contributed by atoms with E-state index in [9.17, 15) is 0 Å². The first-order chi connectivity index (χ1) is 27.9. The van der Waals surface area contributed by atoms with Crippen molar-refractivity contribution in [1.82, 2.24) is 0 Å². The van der Waals surface area contributed by atoms with E-state index in [2.05, 4.69) is 231 Å². The molecule has 0 heteroatoms. The van der Waals surface area contributed by atoms with Gasteiger partial charge in [-0.25, -0.2) is 0 Å². The zero-order chi connectivity index (χ0) is 43.3. The Morgan fingerprint density at radius 2 is 0.417 bits per heavy atom. The van der Waals surface area contributed by atoms with Crippen molar-refractivity contribution in [3.63, 3.8) is 0 Å². The molecule has 60 heavy (non-hydrogen) atoms. The molecule has 0 saturated carbocycles. The lowest BCUT2D eigenvalue weighted by Gasteiger charge is -2.27. The monoisotopic (exact) mass is 787 g/mol. The minimum absolute atomic E-state index is 0.0505. The van der Waals surface area contributed by atoms with Gasteiger partial charge < -0.3 is 0 Å². The normalized spacial score (nSPS) is 13.2. The van der Waals surface area contributed by atoms with Crippen LogP contribution in [0.5, 0.6) is 0 Å². The smallest absolute Gasteiger partial charge is 0.00134 e. The molecule has 8 rings (SSSR count). The minimum Gasteiger partial charge on any atom is -0.0579 e. The van der Waals surface area contributed by atoms with E-state index in [4.69, 9.17) is 0 Å². The predicted molar refractivity (Wildman–Crippen MR) is 265 cm³/mol. The molecule has 0 bridgehead atoms. The van der Waals surface area contributed by atoms with Gasteiger partial charge in [-0.15, -0.1) is 0 Å². The Labute approximate surface area is 361 Å². The van der Waals surface area contributed by atoms with Gasteiger partial charge in [0.15, 0.2) is 0 Å². The van der Waals surface area contributed by atoms with Gasteiger partial charge in [-0.1, -0.05) is 201 Å². The van der Waals surface area contributed by atoms with Crippen LogP contribution in [0.25, 0.3) is 76.8 Å². The molecule has 0 unspecified atom stereocenters. The summed E-state index contributed by atoms with van der Waals surface area (Å²) in [5.41, 5.74) is 17.1. The summed E-state index contributed by atoms with van der Waals surface area (Å²) in [5, 5.41) is 7.94. The van der Waals surface area contributed by atoms with Crippen molar-refractivity contribution < 1.29 is 0 Å². The Hall–Kier alpha value is -5.20. The van der Waals surface area contributed by atoms with E-state index in [0.29, 0.717) is 0 Å². The van der Waals surface area contributed by atoms with Crippen molar-refractivity contribution >= 4 is 32.3 Å². The van der Waals surface area contributed by atoms with E-state index in [0.717, 1.165) is 0 Å². The van der Waals surface area contributed by atoms with Crippen molar-refractivity contribution in [3.05, 3.63) is 155 Å². The third-order valence-corrected chi connectivity index (χ3v) is 13.1. The molecule has 306 valence electrons. The van der Waals surface area contributed by atoms with Crippen LogP contribution in [-0.4, -0.2) is 0 Å². The molecule has 0 atom stereocenters. The molecule has 0 N–H and O–H groups in total. The Bertz CT molecular complexity index is 2660. The molecule has 0 saturated heterocycles. The maximum absolute atomic E-state index is 2.53. The summed E-state index contributed by atoms with van der Waals surface area (Å²) < 4.78 is 0. The molecule has 0 aliphatic heterocycles. The highest BCUT2D eigenvalue weighted by Gasteiger charge is 2.26. The Kier molecular flexibility index (Phi) is 9.82. The molecule has 8 aromatic carbocycles. The summed E-state index contributed by atoms with van der Waals surface area (Å²) >= 11 is 0. The second-order valence-corrected chi connectivity index (χ2v) is 22.8. The maximum atomic E-state index is 2.53. The zero-order valence-electron chi connectivity index (χ0n) is 39.1. The van der Waals surface area contributed by atoms with Crippen LogP contribution in [0.1, 0.15) is 132 Å². The van der Waals surface area contributed by atoms with Crippen LogP contribution in [0.4, 0.5) is 0 Å². The molecule has 8 aromatic rings. The van der Waals surface area contributed by atoms with E-state index in [-0.39, 0.29) is 27.1 Å². The van der Waals surface area contributed by atoms with E-state index in [1.165, 1.54) is 105 Å². The van der Waals surface area contributed by atoms with E-state index in [1.54, 1.807) is 0 Å². The second-order valence-electron chi connectivity index (χ2n) is 22.8. The van der Waals surface area contributed by atoms with Gasteiger partial charge in [-0.05, 0) is 162 Å². The number of hydrogen-bond acceptors (Lipinski definition) is 0. The lowest BCUT2D eigenvalue weighted by atomic mass is 9.77. The topological polar surface area (TPSA) is 0 Å². The molecule has 0 spiro atoms. The first-order valence-electron chi connectivity index (χ1n) is 22.2. The number of hydrogen-bond donors (Lipinski definition) is 0. The molecule has 0 heterocycles. The van der Waals surface area contributed by atoms with Crippen LogP contribution in [0, 0.1) is 0 Å². The molecule has 0 nitrogen and oxygen atoms in total. The van der Waals surface area contributed by atoms with Crippen LogP contribution in [0.3, 0.4) is 0 Å². The van der Waals surface area contributed by atoms with Crippen molar-refractivity contribution in [2.45, 2.75) is 131 Å². The van der Waals surface area contributed by atoms with Crippen LogP contribution in [0.15, 0.2) is 127 Å². The van der Waals surface area contributed by atoms with Crippen LogP contribution in [-0.2, 0) is 27.1 Å². The van der Waals surface area contributed by atoms with Crippen molar-refractivity contribution in [1.29, 1.82) is 0 Å². The van der Waals surface area contributed by atoms with E-state index >= 15 is 0 Å². The van der Waals surface area contributed by atoms with Gasteiger partial charge in [-0.2, -0.15) is 0 Å². The van der Waals surface area contributed by atoms with Crippen molar-refractivity contribution in [2.75, 3.05) is 0 Å². The van der Waals surface area contributed by atoms with Gasteiger partial charge in [0.1, 0.15) is 0 Å². The highest BCUT2D eigenvalue weighted by molar-refractivity contribution is 6.33. The van der Waals surface area contributed by atoms with Crippen molar-refractivity contribution in [2.24, 2.45) is 0 Å². The van der Waals surface area contributed by atoms with Crippen LogP contribution >= 0.6 is 0 Å². The summed E-state index contributed by atoms with van der Waals surface area (Å²) in [7, 11) is 0. The van der Waals surface area contributed by atoms with Crippen molar-refractivity contribution in [3.8, 4) is 44.5 Å². The number of benzene rings is 8. The zero-order valence-corrected chi connectivity index (χ0v) is 39.1. The van der Waals surface area contributed by atoms with Crippen LogP contribution < -0.4 is 0 Å². The molecule has 0 aromatic heterocycles. The van der Waals surface area contributed by atoms with Gasteiger partial charge >= 0.3 is 0 Å². The fourth-order valence-corrected chi connectivity index (χ4v) is 9.05. The fourth-order valence-electron chi connectivity index (χ4n) is 9.05. The highest BCUT2D eigenvalue weighted by Crippen LogP contribution is 2.51. The van der Waals surface area contributed by atoms with E-state index in [1.807, 2.05) is 0 Å². The average molecular weight is 787 g/mol. The Morgan fingerprint density at radius 1 is 0.217 bits per heavy atom. The number of rotatable bonds is 4. The summed E-state index contributed by atoms with van der Waals surface area (Å²) in [5.74, 6) is 0. The Balaban J connectivity index is 1.57. The minimum atomic E-state index is -0.0505. The molecular formula is C60H66. The SMILES string of the molecule is CC(C)(C)c1ccc(-c2cc3c(-c4ccc(C(C)(C)C)cc4)cc(-c4ccc(C(C)(C)C)cc4)c4cc(-c5ccc(C(C)(C)C)cc5)c5cc(C(C)(C)C)cc2c5c34)cc1. The molecule has 0 aliphatic rings. The summed E-state index contributed by atoms with van der Waals surface area (Å²) in [4.78, 5) is 0. The van der Waals surface area contributed by atoms with Gasteiger partial charge in [-0.3, -0.25) is 0 Å². The van der Waals surface area contributed by atoms with Gasteiger partial charge in [0.2, 0.25) is 0 Å². The molecule has 0 radical (unpaired) electrons.